The number of carbonyl (C=O) groups is 3. The fraction of sp³-hybridized carbons (Fsp3) is 0.656. The second kappa shape index (κ2) is 13.7. The number of aromatic amines is 1. The van der Waals surface area contributed by atoms with Gasteiger partial charge >= 0.3 is 10.2 Å². The highest BCUT2D eigenvalue weighted by Crippen LogP contribution is 2.41. The summed E-state index contributed by atoms with van der Waals surface area (Å²) >= 11 is 0. The summed E-state index contributed by atoms with van der Waals surface area (Å²) in [5, 5.41) is 0.689. The Balaban J connectivity index is 1.32. The number of nitrogens with two attached hydrogens (primary N) is 1. The molecule has 3 fully saturated rings. The van der Waals surface area contributed by atoms with E-state index in [0.717, 1.165) is 54.8 Å². The monoisotopic (exact) mass is 631 g/mol. The summed E-state index contributed by atoms with van der Waals surface area (Å²) in [5.41, 5.74) is 7.47. The second-order valence-corrected chi connectivity index (χ2v) is 15.1. The second-order valence-electron chi connectivity index (χ2n) is 13.2. The quantitative estimate of drug-likeness (QED) is 0.365. The average Bonchev–Trinajstić information content (AvgIpc) is 3.65. The lowest BCUT2D eigenvalue weighted by Crippen LogP contribution is -2.48. The van der Waals surface area contributed by atoms with Gasteiger partial charge in [-0.15, -0.1) is 0 Å². The standard InChI is InChI=1S/C32H46FN5O5S/c1-37(2)44(42,43)36-31(40)28-18-24-16-20(8-13-27(24)35-28)17-29(39)30-25(21-6-4-3-5-7-21)14-15-38(30)32(41)23-11-9-22(10-12-23)26(34)19-33/h8,13,16,18,21-23,25-26,30,35H,3-7,9-12,14-15,17,19,34H2,1-2H3,(H,36,40)/t22?,23?,25-,26+,30-/m0/s1. The van der Waals surface area contributed by atoms with Crippen LogP contribution < -0.4 is 10.5 Å². The van der Waals surface area contributed by atoms with E-state index in [9.17, 15) is 27.2 Å². The van der Waals surface area contributed by atoms with Gasteiger partial charge in [0.2, 0.25) is 5.91 Å². The zero-order chi connectivity index (χ0) is 31.6. The molecule has 2 saturated carbocycles. The Kier molecular flexibility index (Phi) is 10.1. The largest absolute Gasteiger partial charge is 0.350 e. The Morgan fingerprint density at radius 1 is 1.05 bits per heavy atom. The zero-order valence-electron chi connectivity index (χ0n) is 25.8. The Morgan fingerprint density at radius 2 is 1.75 bits per heavy atom. The maximum absolute atomic E-state index is 14.1. The lowest BCUT2D eigenvalue weighted by Gasteiger charge is -2.37. The van der Waals surface area contributed by atoms with E-state index in [1.807, 2.05) is 21.8 Å². The van der Waals surface area contributed by atoms with Crippen LogP contribution in [0, 0.1) is 23.7 Å². The van der Waals surface area contributed by atoms with Crippen LogP contribution in [0.1, 0.15) is 80.3 Å². The number of H-pyrrole nitrogens is 1. The Hall–Kier alpha value is -2.83. The van der Waals surface area contributed by atoms with Crippen LogP contribution in [0.15, 0.2) is 24.3 Å². The third-order valence-corrected chi connectivity index (χ3v) is 11.6. The summed E-state index contributed by atoms with van der Waals surface area (Å²) in [7, 11) is -1.28. The van der Waals surface area contributed by atoms with Gasteiger partial charge in [-0.05, 0) is 73.6 Å². The van der Waals surface area contributed by atoms with Gasteiger partial charge in [-0.25, -0.2) is 9.11 Å². The molecule has 242 valence electrons. The molecule has 5 rings (SSSR count). The summed E-state index contributed by atoms with van der Waals surface area (Å²) in [6.07, 6.45) is 9.53. The molecular formula is C32H46FN5O5S. The van der Waals surface area contributed by atoms with Crippen LogP contribution in [0.3, 0.4) is 0 Å². The van der Waals surface area contributed by atoms with Crippen molar-refractivity contribution in [3.05, 3.63) is 35.5 Å². The summed E-state index contributed by atoms with van der Waals surface area (Å²) < 4.78 is 40.3. The SMILES string of the molecule is CN(C)S(=O)(=O)NC(=O)c1cc2cc(CC(=O)[C@@H]3[C@H](C4CCCCC4)CCN3C(=O)C3CCC([C@H](N)CF)CC3)ccc2[nH]1. The molecule has 2 heterocycles. The fourth-order valence-electron chi connectivity index (χ4n) is 7.67. The van der Waals surface area contributed by atoms with Crippen molar-refractivity contribution in [1.82, 2.24) is 18.9 Å². The highest BCUT2D eigenvalue weighted by molar-refractivity contribution is 7.87. The number of benzene rings is 1. The van der Waals surface area contributed by atoms with Gasteiger partial charge in [-0.1, -0.05) is 38.2 Å². The van der Waals surface area contributed by atoms with Crippen molar-refractivity contribution >= 4 is 38.7 Å². The first-order chi connectivity index (χ1) is 21.0. The summed E-state index contributed by atoms with van der Waals surface area (Å²) in [6.45, 7) is 0.0436. The minimum Gasteiger partial charge on any atom is -0.350 e. The summed E-state index contributed by atoms with van der Waals surface area (Å²) in [6, 6.07) is 6.10. The number of nitrogens with zero attached hydrogens (tertiary/aromatic N) is 2. The van der Waals surface area contributed by atoms with Crippen molar-refractivity contribution < 1.29 is 27.2 Å². The van der Waals surface area contributed by atoms with E-state index in [0.29, 0.717) is 36.2 Å². The van der Waals surface area contributed by atoms with Gasteiger partial charge < -0.3 is 15.6 Å². The number of hydrogen-bond donors (Lipinski definition) is 3. The number of aromatic nitrogens is 1. The van der Waals surface area contributed by atoms with Crippen LogP contribution in [0.25, 0.3) is 10.9 Å². The topological polar surface area (TPSA) is 146 Å². The highest BCUT2D eigenvalue weighted by Gasteiger charge is 2.46. The van der Waals surface area contributed by atoms with Crippen molar-refractivity contribution in [2.24, 2.45) is 29.4 Å². The molecule has 10 nitrogen and oxygen atoms in total. The predicted molar refractivity (Wildman–Crippen MR) is 167 cm³/mol. The van der Waals surface area contributed by atoms with E-state index in [-0.39, 0.29) is 41.6 Å². The van der Waals surface area contributed by atoms with Crippen LogP contribution >= 0.6 is 0 Å². The van der Waals surface area contributed by atoms with E-state index in [1.165, 1.54) is 20.5 Å². The van der Waals surface area contributed by atoms with E-state index in [2.05, 4.69) is 4.98 Å². The maximum atomic E-state index is 14.1. The Labute approximate surface area is 259 Å². The number of likely N-dealkylation sites (tertiary alicyclic amines) is 1. The molecule has 2 amide bonds. The van der Waals surface area contributed by atoms with E-state index >= 15 is 0 Å². The van der Waals surface area contributed by atoms with Crippen LogP contribution in [0.2, 0.25) is 0 Å². The summed E-state index contributed by atoms with van der Waals surface area (Å²) in [5.74, 6) is -0.169. The molecule has 1 saturated heterocycles. The zero-order valence-corrected chi connectivity index (χ0v) is 26.6. The minimum atomic E-state index is -3.94. The maximum Gasteiger partial charge on any atom is 0.303 e. The van der Waals surface area contributed by atoms with Crippen molar-refractivity contribution in [2.75, 3.05) is 27.3 Å². The number of rotatable bonds is 10. The number of Topliss-reactive ketones (excluding diaryl/α,β-unsaturated/α-hetero) is 1. The molecule has 12 heteroatoms. The molecule has 3 atom stereocenters. The number of fused-ring (bicyclic) bond motifs is 1. The van der Waals surface area contributed by atoms with Gasteiger partial charge in [0.05, 0.1) is 6.04 Å². The number of alkyl halides is 1. The van der Waals surface area contributed by atoms with E-state index < -0.39 is 34.9 Å². The summed E-state index contributed by atoms with van der Waals surface area (Å²) in [4.78, 5) is 45.4. The predicted octanol–water partition coefficient (Wildman–Crippen LogP) is 3.72. The van der Waals surface area contributed by atoms with Crippen molar-refractivity contribution in [3.63, 3.8) is 0 Å². The smallest absolute Gasteiger partial charge is 0.303 e. The van der Waals surface area contributed by atoms with Crippen LogP contribution in [-0.4, -0.2) is 79.6 Å². The van der Waals surface area contributed by atoms with Gasteiger partial charge in [-0.2, -0.15) is 12.7 Å². The molecule has 3 aliphatic rings. The van der Waals surface area contributed by atoms with Gasteiger partial charge in [0, 0.05) is 49.9 Å². The molecule has 4 N–H and O–H groups in total. The van der Waals surface area contributed by atoms with Crippen LogP contribution in [-0.2, 0) is 26.2 Å². The van der Waals surface area contributed by atoms with Crippen molar-refractivity contribution in [2.45, 2.75) is 82.7 Å². The Bertz CT molecular complexity index is 1460. The van der Waals surface area contributed by atoms with E-state index in [4.69, 9.17) is 5.73 Å². The Morgan fingerprint density at radius 3 is 2.41 bits per heavy atom. The lowest BCUT2D eigenvalue weighted by atomic mass is 9.75. The van der Waals surface area contributed by atoms with Crippen molar-refractivity contribution in [1.29, 1.82) is 0 Å². The number of halogens is 1. The average molecular weight is 632 g/mol. The van der Waals surface area contributed by atoms with Crippen LogP contribution in [0.4, 0.5) is 4.39 Å². The highest BCUT2D eigenvalue weighted by atomic mass is 32.2. The molecule has 2 aliphatic carbocycles. The number of ketones is 1. The molecule has 1 aromatic heterocycles. The van der Waals surface area contributed by atoms with Gasteiger partial charge in [-0.3, -0.25) is 14.4 Å². The number of hydrogen-bond acceptors (Lipinski definition) is 6. The lowest BCUT2D eigenvalue weighted by molar-refractivity contribution is -0.143. The molecule has 1 aliphatic heterocycles. The van der Waals surface area contributed by atoms with E-state index in [1.54, 1.807) is 12.1 Å². The first kappa shape index (κ1) is 32.6. The molecule has 2 aromatic rings. The molecule has 44 heavy (non-hydrogen) atoms. The number of amides is 2. The van der Waals surface area contributed by atoms with Gasteiger partial charge in [0.25, 0.3) is 5.91 Å². The molecule has 0 radical (unpaired) electrons. The van der Waals surface area contributed by atoms with Gasteiger partial charge in [0.1, 0.15) is 12.4 Å². The van der Waals surface area contributed by atoms with Crippen LogP contribution in [0.5, 0.6) is 0 Å². The van der Waals surface area contributed by atoms with Crippen molar-refractivity contribution in [3.8, 4) is 0 Å². The molecular weight excluding hydrogens is 585 g/mol. The first-order valence-corrected chi connectivity index (χ1v) is 17.4. The molecule has 0 unspecified atom stereocenters. The number of nitrogens with one attached hydrogen (secondary N) is 2. The van der Waals surface area contributed by atoms with Gasteiger partial charge in [0.15, 0.2) is 5.78 Å². The number of carbonyl (C=O) groups excluding carboxylic acids is 3. The molecule has 0 bridgehead atoms. The molecule has 0 spiro atoms. The first-order valence-electron chi connectivity index (χ1n) is 16.0. The molecule has 1 aromatic carbocycles. The normalized spacial score (nSPS) is 25.8. The minimum absolute atomic E-state index is 0.0319. The third-order valence-electron chi connectivity index (χ3n) is 10.2. The third kappa shape index (κ3) is 7.02. The fourth-order valence-corrected chi connectivity index (χ4v) is 8.20.